The van der Waals surface area contributed by atoms with Crippen molar-refractivity contribution in [3.63, 3.8) is 0 Å². The number of aliphatic carboxylic acids is 1. The molecule has 0 spiro atoms. The van der Waals surface area contributed by atoms with E-state index in [1.165, 1.54) is 18.4 Å². The maximum atomic E-state index is 14.8. The number of carboxylic acid groups (broad SMARTS) is 1. The fraction of sp³-hybridized carbons (Fsp3) is 0.784. The predicted octanol–water partition coefficient (Wildman–Crippen LogP) is 7.03. The number of carbonyl (C=O) groups excluding carboxylic acids is 3. The van der Waals surface area contributed by atoms with Crippen molar-refractivity contribution in [1.29, 1.82) is 0 Å². The second kappa shape index (κ2) is 9.88. The fourth-order valence-corrected chi connectivity index (χ4v) is 12.2. The van der Waals surface area contributed by atoms with E-state index in [-0.39, 0.29) is 57.5 Å². The minimum atomic E-state index is -1.38. The number of allylic oxidation sites excluding steroid dienone is 3. The molecule has 0 aromatic carbocycles. The summed E-state index contributed by atoms with van der Waals surface area (Å²) in [4.78, 5) is 57.3. The minimum absolute atomic E-state index is 0.133. The van der Waals surface area contributed by atoms with Crippen LogP contribution in [-0.4, -0.2) is 46.5 Å². The molecular formula is C37H53NO5. The molecule has 1 saturated heterocycles. The lowest BCUT2D eigenvalue weighted by Crippen LogP contribution is -2.68. The zero-order chi connectivity index (χ0) is 31.3. The van der Waals surface area contributed by atoms with Gasteiger partial charge in [-0.05, 0) is 123 Å². The van der Waals surface area contributed by atoms with E-state index in [4.69, 9.17) is 0 Å². The lowest BCUT2D eigenvalue weighted by atomic mass is 9.33. The minimum Gasteiger partial charge on any atom is -0.478 e. The Hall–Kier alpha value is -2.24. The first-order valence-electron chi connectivity index (χ1n) is 17.1. The molecule has 1 amide bonds. The van der Waals surface area contributed by atoms with Gasteiger partial charge in [-0.3, -0.25) is 14.4 Å². The quantitative estimate of drug-likeness (QED) is 0.275. The highest BCUT2D eigenvalue weighted by Gasteiger charge is 2.72. The Labute approximate surface area is 258 Å². The summed E-state index contributed by atoms with van der Waals surface area (Å²) in [6, 6.07) is 0. The SMILES string of the molecule is C[C@H]1[C@H](C)CC[C@]2(C)CC[C@]3(C)C(=CC(=O)[C@@H]4[C@@]5(C)C/C(=C\C(=O)O)C(=O)[C@](C)(C(=O)N6CCCCC6)[C@@H]5CC[C@]43C)[C@H]12. The number of rotatable bonds is 2. The Morgan fingerprint density at radius 2 is 1.60 bits per heavy atom. The van der Waals surface area contributed by atoms with Gasteiger partial charge in [-0.15, -0.1) is 0 Å². The molecule has 4 saturated carbocycles. The second-order valence-corrected chi connectivity index (χ2v) is 16.9. The average molecular weight is 592 g/mol. The summed E-state index contributed by atoms with van der Waals surface area (Å²) in [6.07, 6.45) is 12.3. The molecule has 0 bridgehead atoms. The van der Waals surface area contributed by atoms with Crippen LogP contribution >= 0.6 is 0 Å². The van der Waals surface area contributed by atoms with Gasteiger partial charge in [0, 0.05) is 30.7 Å². The molecule has 43 heavy (non-hydrogen) atoms. The van der Waals surface area contributed by atoms with E-state index in [1.54, 1.807) is 6.92 Å². The first kappa shape index (κ1) is 30.8. The van der Waals surface area contributed by atoms with Crippen LogP contribution in [0.4, 0.5) is 0 Å². The summed E-state index contributed by atoms with van der Waals surface area (Å²) >= 11 is 0. The van der Waals surface area contributed by atoms with Crippen molar-refractivity contribution in [2.75, 3.05) is 13.1 Å². The van der Waals surface area contributed by atoms with Crippen molar-refractivity contribution in [2.24, 2.45) is 56.7 Å². The zero-order valence-corrected chi connectivity index (χ0v) is 27.6. The number of piperidine rings is 1. The summed E-state index contributed by atoms with van der Waals surface area (Å²) in [6.45, 7) is 17.1. The molecule has 1 N–H and O–H groups in total. The van der Waals surface area contributed by atoms with Crippen LogP contribution in [-0.2, 0) is 19.2 Å². The van der Waals surface area contributed by atoms with Gasteiger partial charge in [-0.1, -0.05) is 47.1 Å². The Morgan fingerprint density at radius 1 is 0.930 bits per heavy atom. The third-order valence-electron chi connectivity index (χ3n) is 14.8. The third-order valence-corrected chi connectivity index (χ3v) is 14.8. The molecule has 0 unspecified atom stereocenters. The molecule has 5 fully saturated rings. The summed E-state index contributed by atoms with van der Waals surface area (Å²) in [5.74, 6) is -0.761. The standard InChI is InChI=1S/C37H53NO5/c1-22-11-13-33(3)15-16-35(5)25(29(33)23(22)2)20-26(39)30-34(4)21-24(19-28(40)41)31(42)37(7,27(34)12-14-36(30,35)6)32(43)38-17-9-8-10-18-38/h19-20,22-23,27,29-30H,8-18,21H2,1-7H3,(H,40,41)/b24-19+/t22-,23+,27-,29+,30-,33-,34+,35-,36-,37-/m1/s1. The van der Waals surface area contributed by atoms with Crippen molar-refractivity contribution in [1.82, 2.24) is 4.90 Å². The monoisotopic (exact) mass is 591 g/mol. The molecular weight excluding hydrogens is 538 g/mol. The molecule has 236 valence electrons. The van der Waals surface area contributed by atoms with E-state index in [2.05, 4.69) is 41.5 Å². The van der Waals surface area contributed by atoms with Gasteiger partial charge in [0.15, 0.2) is 11.6 Å². The van der Waals surface area contributed by atoms with Gasteiger partial charge >= 0.3 is 5.97 Å². The van der Waals surface area contributed by atoms with Crippen molar-refractivity contribution in [3.8, 4) is 0 Å². The van der Waals surface area contributed by atoms with Crippen LogP contribution in [0, 0.1) is 56.7 Å². The first-order valence-corrected chi connectivity index (χ1v) is 17.1. The molecule has 0 radical (unpaired) electrons. The Kier molecular flexibility index (Phi) is 7.07. The molecule has 6 aliphatic rings. The van der Waals surface area contributed by atoms with E-state index in [0.29, 0.717) is 37.3 Å². The van der Waals surface area contributed by atoms with Crippen LogP contribution in [0.25, 0.3) is 0 Å². The van der Waals surface area contributed by atoms with Gasteiger partial charge in [0.1, 0.15) is 5.41 Å². The van der Waals surface area contributed by atoms with E-state index >= 15 is 0 Å². The molecule has 1 aliphatic heterocycles. The molecule has 0 aromatic heterocycles. The molecule has 0 aromatic rings. The zero-order valence-electron chi connectivity index (χ0n) is 27.6. The Bertz CT molecular complexity index is 1320. The van der Waals surface area contributed by atoms with Crippen molar-refractivity contribution >= 4 is 23.4 Å². The number of hydrogen-bond donors (Lipinski definition) is 1. The highest BCUT2D eigenvalue weighted by atomic mass is 16.4. The third kappa shape index (κ3) is 4.02. The van der Waals surface area contributed by atoms with Gasteiger partial charge in [0.05, 0.1) is 0 Å². The molecule has 6 nitrogen and oxygen atoms in total. The van der Waals surface area contributed by atoms with Gasteiger partial charge < -0.3 is 10.0 Å². The topological polar surface area (TPSA) is 91.7 Å². The predicted molar refractivity (Wildman–Crippen MR) is 166 cm³/mol. The van der Waals surface area contributed by atoms with Gasteiger partial charge in [-0.2, -0.15) is 0 Å². The van der Waals surface area contributed by atoms with Crippen molar-refractivity contribution < 1.29 is 24.3 Å². The lowest BCUT2D eigenvalue weighted by molar-refractivity contribution is -0.190. The van der Waals surface area contributed by atoms with Crippen LogP contribution in [0.2, 0.25) is 0 Å². The van der Waals surface area contributed by atoms with Gasteiger partial charge in [0.2, 0.25) is 5.91 Å². The summed E-state index contributed by atoms with van der Waals surface area (Å²) < 4.78 is 0. The largest absolute Gasteiger partial charge is 0.478 e. The highest BCUT2D eigenvalue weighted by Crippen LogP contribution is 2.75. The normalized spacial score (nSPS) is 48.9. The Morgan fingerprint density at radius 3 is 2.26 bits per heavy atom. The van der Waals surface area contributed by atoms with Gasteiger partial charge in [0.25, 0.3) is 0 Å². The van der Waals surface area contributed by atoms with Crippen LogP contribution in [0.15, 0.2) is 23.3 Å². The number of fused-ring (bicyclic) bond motifs is 7. The van der Waals surface area contributed by atoms with Crippen LogP contribution in [0.5, 0.6) is 0 Å². The number of hydrogen-bond acceptors (Lipinski definition) is 4. The van der Waals surface area contributed by atoms with Crippen LogP contribution < -0.4 is 0 Å². The summed E-state index contributed by atoms with van der Waals surface area (Å²) in [5, 5.41) is 9.83. The van der Waals surface area contributed by atoms with E-state index in [0.717, 1.165) is 44.6 Å². The summed E-state index contributed by atoms with van der Waals surface area (Å²) in [7, 11) is 0. The highest BCUT2D eigenvalue weighted by molar-refractivity contribution is 6.16. The number of likely N-dealkylation sites (tertiary alicyclic amines) is 1. The summed E-state index contributed by atoms with van der Waals surface area (Å²) in [5.41, 5.74) is -0.845. The Balaban J connectivity index is 1.50. The molecule has 10 atom stereocenters. The smallest absolute Gasteiger partial charge is 0.328 e. The molecule has 6 heteroatoms. The van der Waals surface area contributed by atoms with Crippen molar-refractivity contribution in [3.05, 3.63) is 23.3 Å². The number of Topliss-reactive ketones (excluding diaryl/α,β-unsaturated/α-hetero) is 1. The van der Waals surface area contributed by atoms with Crippen molar-refractivity contribution in [2.45, 2.75) is 113 Å². The molecule has 5 aliphatic carbocycles. The van der Waals surface area contributed by atoms with E-state index < -0.39 is 16.8 Å². The maximum absolute atomic E-state index is 14.8. The number of carboxylic acids is 1. The fourth-order valence-electron chi connectivity index (χ4n) is 12.2. The molecule has 6 rings (SSSR count). The van der Waals surface area contributed by atoms with E-state index in [9.17, 15) is 24.3 Å². The number of carbonyl (C=O) groups is 4. The average Bonchev–Trinajstić information content (AvgIpc) is 2.94. The van der Waals surface area contributed by atoms with Crippen LogP contribution in [0.3, 0.4) is 0 Å². The molecule has 1 heterocycles. The number of nitrogens with zero attached hydrogens (tertiary/aromatic N) is 1. The maximum Gasteiger partial charge on any atom is 0.328 e. The number of ketones is 2. The number of amides is 1. The first-order chi connectivity index (χ1) is 20.0. The lowest BCUT2D eigenvalue weighted by Gasteiger charge is -2.70. The van der Waals surface area contributed by atoms with Crippen LogP contribution in [0.1, 0.15) is 113 Å². The second-order valence-electron chi connectivity index (χ2n) is 16.9. The van der Waals surface area contributed by atoms with Gasteiger partial charge in [-0.25, -0.2) is 4.79 Å². The van der Waals surface area contributed by atoms with E-state index in [1.807, 2.05) is 11.0 Å².